The average Bonchev–Trinajstić information content (AvgIpc) is 3.17. The lowest BCUT2D eigenvalue weighted by molar-refractivity contribution is -0.116. The zero-order valence-electron chi connectivity index (χ0n) is 14.3. The van der Waals surface area contributed by atoms with Gasteiger partial charge in [-0.25, -0.2) is 4.98 Å². The van der Waals surface area contributed by atoms with E-state index < -0.39 is 0 Å². The van der Waals surface area contributed by atoms with Gasteiger partial charge in [0.25, 0.3) is 5.91 Å². The van der Waals surface area contributed by atoms with E-state index in [1.54, 1.807) is 23.2 Å². The zero-order chi connectivity index (χ0) is 17.6. The molecule has 0 atom stereocenters. The molecule has 2 amide bonds. The maximum absolute atomic E-state index is 12.3. The molecule has 3 heterocycles. The first kappa shape index (κ1) is 17.0. The smallest absolute Gasteiger partial charge is 0.289 e. The van der Waals surface area contributed by atoms with Crippen LogP contribution in [0.3, 0.4) is 0 Å². The molecule has 1 saturated heterocycles. The second-order valence-electron chi connectivity index (χ2n) is 5.96. The molecule has 7 nitrogen and oxygen atoms in total. The van der Waals surface area contributed by atoms with Gasteiger partial charge < -0.3 is 19.5 Å². The largest absolute Gasteiger partial charge is 0.459 e. The second-order valence-corrected chi connectivity index (χ2v) is 5.96. The van der Waals surface area contributed by atoms with Crippen LogP contribution in [0, 0.1) is 0 Å². The lowest BCUT2D eigenvalue weighted by Gasteiger charge is -2.35. The molecule has 0 aliphatic carbocycles. The van der Waals surface area contributed by atoms with Gasteiger partial charge in [0.2, 0.25) is 5.91 Å². The Balaban J connectivity index is 1.54. The predicted molar refractivity (Wildman–Crippen MR) is 94.6 cm³/mol. The molecule has 0 bridgehead atoms. The molecule has 1 aliphatic rings. The summed E-state index contributed by atoms with van der Waals surface area (Å²) in [4.78, 5) is 32.1. The van der Waals surface area contributed by atoms with E-state index in [2.05, 4.69) is 15.2 Å². The fourth-order valence-electron chi connectivity index (χ4n) is 2.80. The zero-order valence-corrected chi connectivity index (χ0v) is 14.3. The lowest BCUT2D eigenvalue weighted by Crippen LogP contribution is -2.48. The van der Waals surface area contributed by atoms with Gasteiger partial charge in [-0.2, -0.15) is 0 Å². The number of nitrogens with zero attached hydrogens (tertiary/aromatic N) is 3. The lowest BCUT2D eigenvalue weighted by atomic mass is 10.2. The minimum absolute atomic E-state index is 0.0206. The summed E-state index contributed by atoms with van der Waals surface area (Å²) in [5.74, 6) is 0.848. The Morgan fingerprint density at radius 2 is 2.00 bits per heavy atom. The Morgan fingerprint density at radius 3 is 2.60 bits per heavy atom. The van der Waals surface area contributed by atoms with Gasteiger partial charge >= 0.3 is 0 Å². The average molecular weight is 342 g/mol. The van der Waals surface area contributed by atoms with Crippen molar-refractivity contribution in [3.8, 4) is 0 Å². The van der Waals surface area contributed by atoms with Crippen molar-refractivity contribution in [1.29, 1.82) is 0 Å². The van der Waals surface area contributed by atoms with Gasteiger partial charge in [0.15, 0.2) is 5.76 Å². The van der Waals surface area contributed by atoms with Crippen molar-refractivity contribution in [1.82, 2.24) is 9.88 Å². The third-order valence-electron chi connectivity index (χ3n) is 4.16. The van der Waals surface area contributed by atoms with Crippen LogP contribution in [0.1, 0.15) is 30.3 Å². The number of pyridine rings is 1. The minimum atomic E-state index is -0.0724. The van der Waals surface area contributed by atoms with Crippen molar-refractivity contribution in [2.45, 2.75) is 19.8 Å². The van der Waals surface area contributed by atoms with Crippen molar-refractivity contribution in [3.05, 3.63) is 42.5 Å². The standard InChI is InChI=1S/C18H22N4O3/c1-2-4-17(23)20-16-7-6-14(13-19-16)21-8-10-22(11-9-21)18(24)15-5-3-12-25-15/h3,5-7,12-13H,2,4,8-11H2,1H3,(H,19,20,23). The highest BCUT2D eigenvalue weighted by Crippen LogP contribution is 2.18. The number of amides is 2. The summed E-state index contributed by atoms with van der Waals surface area (Å²) in [5, 5.41) is 2.78. The molecule has 0 aromatic carbocycles. The first-order valence-electron chi connectivity index (χ1n) is 8.51. The molecule has 2 aromatic heterocycles. The highest BCUT2D eigenvalue weighted by Gasteiger charge is 2.23. The summed E-state index contributed by atoms with van der Waals surface area (Å²) in [6, 6.07) is 7.15. The number of hydrogen-bond acceptors (Lipinski definition) is 5. The summed E-state index contributed by atoms with van der Waals surface area (Å²) < 4.78 is 5.17. The molecular formula is C18H22N4O3. The van der Waals surface area contributed by atoms with Crippen LogP contribution in [-0.2, 0) is 4.79 Å². The summed E-state index contributed by atoms with van der Waals surface area (Å²) in [6.45, 7) is 4.70. The van der Waals surface area contributed by atoms with Gasteiger partial charge in [-0.1, -0.05) is 6.92 Å². The fourth-order valence-corrected chi connectivity index (χ4v) is 2.80. The number of nitrogens with one attached hydrogen (secondary N) is 1. The molecule has 1 aliphatic heterocycles. The first-order valence-corrected chi connectivity index (χ1v) is 8.51. The molecule has 7 heteroatoms. The number of furan rings is 1. The number of aromatic nitrogens is 1. The third-order valence-corrected chi connectivity index (χ3v) is 4.16. The number of anilines is 2. The highest BCUT2D eigenvalue weighted by atomic mass is 16.3. The quantitative estimate of drug-likeness (QED) is 0.902. The van der Waals surface area contributed by atoms with Crippen LogP contribution in [-0.4, -0.2) is 47.9 Å². The predicted octanol–water partition coefficient (Wildman–Crippen LogP) is 2.38. The summed E-state index contributed by atoms with van der Waals surface area (Å²) >= 11 is 0. The molecule has 25 heavy (non-hydrogen) atoms. The van der Waals surface area contributed by atoms with Gasteiger partial charge in [0, 0.05) is 32.6 Å². The van der Waals surface area contributed by atoms with Crippen LogP contribution >= 0.6 is 0 Å². The van der Waals surface area contributed by atoms with E-state index in [4.69, 9.17) is 4.42 Å². The third kappa shape index (κ3) is 4.17. The molecule has 0 unspecified atom stereocenters. The molecular weight excluding hydrogens is 320 g/mol. The molecule has 3 rings (SSSR count). The summed E-state index contributed by atoms with van der Waals surface area (Å²) in [6.07, 6.45) is 4.57. The maximum Gasteiger partial charge on any atom is 0.289 e. The van der Waals surface area contributed by atoms with Crippen LogP contribution in [0.15, 0.2) is 41.1 Å². The molecule has 0 radical (unpaired) electrons. The van der Waals surface area contributed by atoms with E-state index in [-0.39, 0.29) is 11.8 Å². The maximum atomic E-state index is 12.3. The molecule has 0 saturated carbocycles. The van der Waals surface area contributed by atoms with Crippen molar-refractivity contribution >= 4 is 23.3 Å². The number of carbonyl (C=O) groups is 2. The van der Waals surface area contributed by atoms with E-state index in [0.29, 0.717) is 31.1 Å². The van der Waals surface area contributed by atoms with Gasteiger partial charge in [0.1, 0.15) is 5.82 Å². The number of rotatable bonds is 5. The summed E-state index contributed by atoms with van der Waals surface area (Å²) in [7, 11) is 0. The second kappa shape index (κ2) is 7.83. The van der Waals surface area contributed by atoms with E-state index in [1.165, 1.54) is 6.26 Å². The number of carbonyl (C=O) groups excluding carboxylic acids is 2. The van der Waals surface area contributed by atoms with Gasteiger partial charge in [-0.05, 0) is 30.7 Å². The summed E-state index contributed by atoms with van der Waals surface area (Å²) in [5.41, 5.74) is 0.985. The SMILES string of the molecule is CCCC(=O)Nc1ccc(N2CCN(C(=O)c3ccco3)CC2)cn1. The van der Waals surface area contributed by atoms with Crippen molar-refractivity contribution in [2.24, 2.45) is 0 Å². The van der Waals surface area contributed by atoms with Crippen LogP contribution in [0.2, 0.25) is 0 Å². The van der Waals surface area contributed by atoms with Crippen LogP contribution in [0.25, 0.3) is 0 Å². The van der Waals surface area contributed by atoms with Crippen molar-refractivity contribution in [2.75, 3.05) is 36.4 Å². The van der Waals surface area contributed by atoms with E-state index >= 15 is 0 Å². The fraction of sp³-hybridized carbons (Fsp3) is 0.389. The first-order chi connectivity index (χ1) is 12.2. The molecule has 1 fully saturated rings. The van der Waals surface area contributed by atoms with E-state index in [9.17, 15) is 9.59 Å². The van der Waals surface area contributed by atoms with Crippen LogP contribution in [0.4, 0.5) is 11.5 Å². The Hall–Kier alpha value is -2.83. The number of piperazine rings is 1. The number of hydrogen-bond donors (Lipinski definition) is 1. The van der Waals surface area contributed by atoms with Gasteiger partial charge in [-0.15, -0.1) is 0 Å². The van der Waals surface area contributed by atoms with Crippen molar-refractivity contribution < 1.29 is 14.0 Å². The Bertz CT molecular complexity index is 704. The monoisotopic (exact) mass is 342 g/mol. The Morgan fingerprint density at radius 1 is 1.20 bits per heavy atom. The Kier molecular flexibility index (Phi) is 5.33. The van der Waals surface area contributed by atoms with Crippen LogP contribution in [0.5, 0.6) is 0 Å². The Labute approximate surface area is 146 Å². The normalized spacial score (nSPS) is 14.4. The van der Waals surface area contributed by atoms with Gasteiger partial charge in [-0.3, -0.25) is 9.59 Å². The molecule has 0 spiro atoms. The molecule has 132 valence electrons. The van der Waals surface area contributed by atoms with Crippen molar-refractivity contribution in [3.63, 3.8) is 0 Å². The minimum Gasteiger partial charge on any atom is -0.459 e. The van der Waals surface area contributed by atoms with E-state index in [1.807, 2.05) is 19.1 Å². The van der Waals surface area contributed by atoms with E-state index in [0.717, 1.165) is 25.2 Å². The topological polar surface area (TPSA) is 78.7 Å². The van der Waals surface area contributed by atoms with Crippen LogP contribution < -0.4 is 10.2 Å². The van der Waals surface area contributed by atoms with Gasteiger partial charge in [0.05, 0.1) is 18.1 Å². The highest BCUT2D eigenvalue weighted by molar-refractivity contribution is 5.91. The molecule has 1 N–H and O–H groups in total. The molecule has 2 aromatic rings.